The fourth-order valence-corrected chi connectivity index (χ4v) is 5.85. The minimum atomic E-state index is -0.0679. The summed E-state index contributed by atoms with van der Waals surface area (Å²) < 4.78 is 0. The first-order valence-corrected chi connectivity index (χ1v) is 14.9. The van der Waals surface area contributed by atoms with Gasteiger partial charge >= 0.3 is 0 Å². The molecular formula is C30H36ClN5O2S. The van der Waals surface area contributed by atoms with E-state index >= 15 is 0 Å². The number of rotatable bonds is 11. The molecule has 2 aromatic carbocycles. The van der Waals surface area contributed by atoms with Crippen LogP contribution in [0.4, 0.5) is 5.82 Å². The summed E-state index contributed by atoms with van der Waals surface area (Å²) in [6, 6.07) is 22.6. The van der Waals surface area contributed by atoms with Gasteiger partial charge in [-0.1, -0.05) is 91.0 Å². The second-order valence-corrected chi connectivity index (χ2v) is 11.1. The number of benzene rings is 2. The third kappa shape index (κ3) is 8.19. The fraction of sp³-hybridized carbons (Fsp3) is 0.400. The van der Waals surface area contributed by atoms with Crippen LogP contribution in [0.1, 0.15) is 50.2 Å². The Hall–Kier alpha value is -3.10. The first-order chi connectivity index (χ1) is 18.9. The molecule has 0 spiro atoms. The fourth-order valence-electron chi connectivity index (χ4n) is 4.94. The van der Waals surface area contributed by atoms with Crippen LogP contribution >= 0.6 is 23.4 Å². The maximum atomic E-state index is 12.7. The lowest BCUT2D eigenvalue weighted by atomic mass is 9.88. The van der Waals surface area contributed by atoms with Crippen LogP contribution in [0.15, 0.2) is 71.9 Å². The maximum Gasteiger partial charge on any atom is 0.230 e. The van der Waals surface area contributed by atoms with E-state index in [0.717, 1.165) is 18.7 Å². The molecule has 1 N–H and O–H groups in total. The van der Waals surface area contributed by atoms with Crippen LogP contribution < -0.4 is 10.2 Å². The molecule has 9 heteroatoms. The number of piperazine rings is 1. The Morgan fingerprint density at radius 1 is 1.05 bits per heavy atom. The number of carbonyl (C=O) groups excluding carboxylic acids is 2. The van der Waals surface area contributed by atoms with Gasteiger partial charge in [0.1, 0.15) is 11.0 Å². The minimum Gasteiger partial charge on any atom is -0.355 e. The Morgan fingerprint density at radius 2 is 1.72 bits per heavy atom. The summed E-state index contributed by atoms with van der Waals surface area (Å²) in [7, 11) is 0. The van der Waals surface area contributed by atoms with Gasteiger partial charge in [0.15, 0.2) is 5.16 Å². The van der Waals surface area contributed by atoms with Gasteiger partial charge in [-0.2, -0.15) is 0 Å². The Balaban J connectivity index is 1.30. The number of amides is 2. The van der Waals surface area contributed by atoms with Gasteiger partial charge in [-0.3, -0.25) is 9.59 Å². The van der Waals surface area contributed by atoms with Crippen LogP contribution in [0.3, 0.4) is 0 Å². The lowest BCUT2D eigenvalue weighted by Crippen LogP contribution is -2.54. The molecule has 0 bridgehead atoms. The van der Waals surface area contributed by atoms with Crippen molar-refractivity contribution in [1.82, 2.24) is 20.2 Å². The Bertz CT molecular complexity index is 1190. The molecule has 1 aliphatic heterocycles. The van der Waals surface area contributed by atoms with E-state index in [1.807, 2.05) is 48.2 Å². The van der Waals surface area contributed by atoms with E-state index in [-0.39, 0.29) is 29.5 Å². The van der Waals surface area contributed by atoms with E-state index in [1.54, 1.807) is 6.07 Å². The summed E-state index contributed by atoms with van der Waals surface area (Å²) in [6.45, 7) is 6.66. The highest BCUT2D eigenvalue weighted by Crippen LogP contribution is 2.28. The van der Waals surface area contributed by atoms with Crippen molar-refractivity contribution < 1.29 is 9.59 Å². The van der Waals surface area contributed by atoms with E-state index in [4.69, 9.17) is 11.6 Å². The van der Waals surface area contributed by atoms with Crippen molar-refractivity contribution in [2.75, 3.05) is 36.8 Å². The zero-order valence-corrected chi connectivity index (χ0v) is 24.1. The smallest absolute Gasteiger partial charge is 0.230 e. The average Bonchev–Trinajstić information content (AvgIpc) is 2.95. The molecule has 0 radical (unpaired) electrons. The molecule has 39 heavy (non-hydrogen) atoms. The van der Waals surface area contributed by atoms with Gasteiger partial charge in [-0.15, -0.1) is 0 Å². The molecule has 1 saturated heterocycles. The highest BCUT2D eigenvalue weighted by Gasteiger charge is 2.28. The quantitative estimate of drug-likeness (QED) is 0.191. The highest BCUT2D eigenvalue weighted by molar-refractivity contribution is 7.99. The Morgan fingerprint density at radius 3 is 2.33 bits per heavy atom. The first kappa shape index (κ1) is 28.9. The molecule has 7 nitrogen and oxygen atoms in total. The largest absolute Gasteiger partial charge is 0.355 e. The molecule has 0 aliphatic carbocycles. The number of hydrogen-bond donors (Lipinski definition) is 1. The van der Waals surface area contributed by atoms with E-state index in [1.165, 1.54) is 22.9 Å². The van der Waals surface area contributed by atoms with Crippen molar-refractivity contribution in [1.29, 1.82) is 0 Å². The summed E-state index contributed by atoms with van der Waals surface area (Å²) in [4.78, 5) is 38.1. The molecule has 1 atom stereocenters. The zero-order valence-electron chi connectivity index (χ0n) is 22.6. The molecule has 0 saturated carbocycles. The molecule has 2 amide bonds. The van der Waals surface area contributed by atoms with Gasteiger partial charge < -0.3 is 15.1 Å². The molecular weight excluding hydrogens is 530 g/mol. The number of carbonyl (C=O) groups is 2. The summed E-state index contributed by atoms with van der Waals surface area (Å²) in [5, 5.41) is 3.86. The van der Waals surface area contributed by atoms with Gasteiger partial charge in [0, 0.05) is 50.6 Å². The Labute approximate surface area is 240 Å². The van der Waals surface area contributed by atoms with Gasteiger partial charge in [0.05, 0.1) is 5.75 Å². The van der Waals surface area contributed by atoms with Crippen molar-refractivity contribution in [3.05, 3.63) is 83.0 Å². The lowest BCUT2D eigenvalue weighted by molar-refractivity contribution is -0.133. The van der Waals surface area contributed by atoms with Crippen LogP contribution in [0.25, 0.3) is 0 Å². The van der Waals surface area contributed by atoms with E-state index in [9.17, 15) is 9.59 Å². The molecule has 2 heterocycles. The minimum absolute atomic E-state index is 0.0679. The van der Waals surface area contributed by atoms with Gasteiger partial charge in [-0.05, 0) is 30.9 Å². The number of aromatic nitrogens is 2. The van der Waals surface area contributed by atoms with Crippen LogP contribution in [0.2, 0.25) is 5.15 Å². The number of anilines is 1. The zero-order chi connectivity index (χ0) is 27.6. The van der Waals surface area contributed by atoms with Crippen LogP contribution in [-0.2, 0) is 9.59 Å². The summed E-state index contributed by atoms with van der Waals surface area (Å²) in [6.07, 6.45) is 2.22. The summed E-state index contributed by atoms with van der Waals surface area (Å²) in [5.74, 6) is 1.27. The second-order valence-electron chi connectivity index (χ2n) is 9.76. The average molecular weight is 566 g/mol. The number of nitrogens with one attached hydrogen (secondary N) is 1. The standard InChI is InChI=1S/C30H36ClN5O2S/c1-3-10-29(38)36-18-17-35(20-22(36)2)27-19-26(31)33-30(34-27)39-21-28(37)32-16-15-25(23-11-6-4-7-12-23)24-13-8-5-9-14-24/h4-9,11-14,19,22,25H,3,10,15-18,20-21H2,1-2H3,(H,32,37). The van der Waals surface area contributed by atoms with Crippen molar-refractivity contribution in [3.63, 3.8) is 0 Å². The summed E-state index contributed by atoms with van der Waals surface area (Å²) in [5.41, 5.74) is 2.47. The Kier molecular flexibility index (Phi) is 10.6. The predicted molar refractivity (Wildman–Crippen MR) is 158 cm³/mol. The van der Waals surface area contributed by atoms with Gasteiger partial charge in [0.2, 0.25) is 11.8 Å². The van der Waals surface area contributed by atoms with Crippen molar-refractivity contribution in [2.24, 2.45) is 0 Å². The highest BCUT2D eigenvalue weighted by atomic mass is 35.5. The van der Waals surface area contributed by atoms with Crippen LogP contribution in [0, 0.1) is 0 Å². The number of thioether (sulfide) groups is 1. The van der Waals surface area contributed by atoms with E-state index in [2.05, 4.69) is 51.4 Å². The third-order valence-electron chi connectivity index (χ3n) is 6.89. The number of halogens is 1. The van der Waals surface area contributed by atoms with Crippen LogP contribution in [-0.4, -0.2) is 64.7 Å². The van der Waals surface area contributed by atoms with Crippen molar-refractivity contribution in [2.45, 2.75) is 50.2 Å². The lowest BCUT2D eigenvalue weighted by Gasteiger charge is -2.40. The molecule has 1 fully saturated rings. The molecule has 4 rings (SSSR count). The monoisotopic (exact) mass is 565 g/mol. The van der Waals surface area contributed by atoms with Crippen LogP contribution in [0.5, 0.6) is 0 Å². The normalized spacial score (nSPS) is 15.4. The van der Waals surface area contributed by atoms with Crippen molar-refractivity contribution in [3.8, 4) is 0 Å². The molecule has 206 valence electrons. The topological polar surface area (TPSA) is 78.4 Å². The summed E-state index contributed by atoms with van der Waals surface area (Å²) >= 11 is 7.60. The maximum absolute atomic E-state index is 12.7. The molecule has 1 aromatic heterocycles. The van der Waals surface area contributed by atoms with E-state index < -0.39 is 0 Å². The number of nitrogens with zero attached hydrogens (tertiary/aromatic N) is 4. The number of hydrogen-bond acceptors (Lipinski definition) is 6. The van der Waals surface area contributed by atoms with Crippen molar-refractivity contribution >= 4 is 41.0 Å². The van der Waals surface area contributed by atoms with Gasteiger partial charge in [-0.25, -0.2) is 9.97 Å². The molecule has 1 unspecified atom stereocenters. The first-order valence-electron chi connectivity index (χ1n) is 13.5. The van der Waals surface area contributed by atoms with Gasteiger partial charge in [0.25, 0.3) is 0 Å². The molecule has 3 aromatic rings. The van der Waals surface area contributed by atoms with E-state index in [0.29, 0.717) is 42.9 Å². The SMILES string of the molecule is CCCC(=O)N1CCN(c2cc(Cl)nc(SCC(=O)NCCC(c3ccccc3)c3ccccc3)n2)CC1C. The molecule has 1 aliphatic rings. The third-order valence-corrected chi connectivity index (χ3v) is 7.93. The second kappa shape index (κ2) is 14.3. The predicted octanol–water partition coefficient (Wildman–Crippen LogP) is 5.40.